The zero-order chi connectivity index (χ0) is 13.7. The Kier molecular flexibility index (Phi) is 2.59. The van der Waals surface area contributed by atoms with E-state index < -0.39 is 0 Å². The van der Waals surface area contributed by atoms with E-state index in [1.165, 1.54) is 25.0 Å². The lowest BCUT2D eigenvalue weighted by Gasteiger charge is -2.15. The maximum Gasteiger partial charge on any atom is 0.156 e. The van der Waals surface area contributed by atoms with Gasteiger partial charge in [0.25, 0.3) is 0 Å². The van der Waals surface area contributed by atoms with Crippen molar-refractivity contribution < 1.29 is 0 Å². The van der Waals surface area contributed by atoms with Gasteiger partial charge in [0.15, 0.2) is 11.3 Å². The van der Waals surface area contributed by atoms with Gasteiger partial charge in [-0.3, -0.25) is 4.40 Å². The second kappa shape index (κ2) is 4.33. The highest BCUT2D eigenvalue weighted by Crippen LogP contribution is 2.44. The van der Waals surface area contributed by atoms with E-state index >= 15 is 0 Å². The van der Waals surface area contributed by atoms with Crippen LogP contribution in [0.25, 0.3) is 16.8 Å². The number of hydrogen-bond acceptors (Lipinski definition) is 2. The Morgan fingerprint density at radius 2 is 2.20 bits per heavy atom. The molecule has 4 nitrogen and oxygen atoms in total. The molecule has 3 heterocycles. The molecule has 1 fully saturated rings. The van der Waals surface area contributed by atoms with Gasteiger partial charge in [-0.15, -0.1) is 0 Å². The van der Waals surface area contributed by atoms with Crippen molar-refractivity contribution in [1.29, 1.82) is 0 Å². The maximum absolute atomic E-state index is 4.56. The van der Waals surface area contributed by atoms with Gasteiger partial charge in [-0.05, 0) is 30.7 Å². The molecule has 3 aromatic heterocycles. The molecule has 0 unspecified atom stereocenters. The van der Waals surface area contributed by atoms with E-state index in [0.717, 1.165) is 28.6 Å². The average molecular weight is 268 g/mol. The van der Waals surface area contributed by atoms with E-state index in [1.54, 1.807) is 0 Å². The van der Waals surface area contributed by atoms with Gasteiger partial charge in [-0.25, -0.2) is 9.97 Å². The fraction of sp³-hybridized carbons (Fsp3) is 0.500. The number of nitrogens with zero attached hydrogens (tertiary/aromatic N) is 3. The zero-order valence-corrected chi connectivity index (χ0v) is 12.0. The van der Waals surface area contributed by atoms with Crippen molar-refractivity contribution >= 4 is 16.8 Å². The minimum absolute atomic E-state index is 0.621. The van der Waals surface area contributed by atoms with Crippen LogP contribution < -0.4 is 0 Å². The molecular formula is C16H20N4. The molecule has 0 saturated heterocycles. The summed E-state index contributed by atoms with van der Waals surface area (Å²) in [5.41, 5.74) is 4.39. The summed E-state index contributed by atoms with van der Waals surface area (Å²) in [5, 5.41) is 0. The number of imidazole rings is 1. The molecule has 0 aromatic carbocycles. The Hall–Kier alpha value is -1.84. The summed E-state index contributed by atoms with van der Waals surface area (Å²) in [5.74, 6) is 2.22. The molecule has 3 aromatic rings. The van der Waals surface area contributed by atoms with Crippen LogP contribution >= 0.6 is 0 Å². The summed E-state index contributed by atoms with van der Waals surface area (Å²) in [6.45, 7) is 4.69. The fourth-order valence-corrected chi connectivity index (χ4v) is 3.88. The molecule has 1 aliphatic carbocycles. The molecule has 0 bridgehead atoms. The summed E-state index contributed by atoms with van der Waals surface area (Å²) in [4.78, 5) is 12.2. The third-order valence-electron chi connectivity index (χ3n) is 5.01. The normalized spacial score (nSPS) is 26.8. The first-order valence-corrected chi connectivity index (χ1v) is 7.57. The van der Waals surface area contributed by atoms with Crippen LogP contribution in [0.2, 0.25) is 0 Å². The number of H-pyrrole nitrogens is 1. The van der Waals surface area contributed by atoms with Crippen molar-refractivity contribution in [2.45, 2.75) is 39.0 Å². The van der Waals surface area contributed by atoms with Crippen LogP contribution in [0.3, 0.4) is 0 Å². The second-order valence-corrected chi connectivity index (χ2v) is 6.18. The molecule has 3 atom stereocenters. The van der Waals surface area contributed by atoms with Crippen molar-refractivity contribution in [1.82, 2.24) is 19.4 Å². The first-order chi connectivity index (χ1) is 9.78. The van der Waals surface area contributed by atoms with Gasteiger partial charge in [-0.1, -0.05) is 20.3 Å². The average Bonchev–Trinajstić information content (AvgIpc) is 3.13. The minimum atomic E-state index is 0.621. The van der Waals surface area contributed by atoms with Gasteiger partial charge in [0.1, 0.15) is 0 Å². The third-order valence-corrected chi connectivity index (χ3v) is 5.01. The lowest BCUT2D eigenvalue weighted by atomic mass is 9.95. The molecule has 1 saturated carbocycles. The lowest BCUT2D eigenvalue weighted by molar-refractivity contribution is 0.497. The largest absolute Gasteiger partial charge is 0.345 e. The molecule has 0 amide bonds. The standard InChI is InChI=1S/C16H20N4/c1-3-11-6-10(2)12(7-11)14-8-18-15-9-19-16-13(20(14)15)4-5-17-16/h4-5,8-12,17H,3,6-7H2,1-2H3/t10-,11+,12+/m1/s1. The van der Waals surface area contributed by atoms with Crippen molar-refractivity contribution in [3.05, 3.63) is 30.4 Å². The number of rotatable bonds is 2. The van der Waals surface area contributed by atoms with Crippen LogP contribution in [-0.2, 0) is 0 Å². The Morgan fingerprint density at radius 1 is 1.30 bits per heavy atom. The highest BCUT2D eigenvalue weighted by atomic mass is 15.1. The molecule has 0 radical (unpaired) electrons. The quantitative estimate of drug-likeness (QED) is 0.769. The molecular weight excluding hydrogens is 248 g/mol. The Bertz CT molecular complexity index is 754. The molecule has 0 spiro atoms. The Morgan fingerprint density at radius 3 is 3.00 bits per heavy atom. The molecule has 1 N–H and O–H groups in total. The van der Waals surface area contributed by atoms with Crippen molar-refractivity contribution in [3.8, 4) is 0 Å². The van der Waals surface area contributed by atoms with Crippen molar-refractivity contribution in [2.75, 3.05) is 0 Å². The zero-order valence-electron chi connectivity index (χ0n) is 12.0. The topological polar surface area (TPSA) is 46.0 Å². The van der Waals surface area contributed by atoms with Gasteiger partial charge >= 0.3 is 0 Å². The van der Waals surface area contributed by atoms with Crippen molar-refractivity contribution in [3.63, 3.8) is 0 Å². The van der Waals surface area contributed by atoms with E-state index in [0.29, 0.717) is 5.92 Å². The fourth-order valence-electron chi connectivity index (χ4n) is 3.88. The number of aromatic amines is 1. The number of aromatic nitrogens is 4. The van der Waals surface area contributed by atoms with Gasteiger partial charge in [0.2, 0.25) is 0 Å². The predicted molar refractivity (Wildman–Crippen MR) is 79.8 cm³/mol. The van der Waals surface area contributed by atoms with Crippen LogP contribution in [0.5, 0.6) is 0 Å². The highest BCUT2D eigenvalue weighted by Gasteiger charge is 2.33. The summed E-state index contributed by atoms with van der Waals surface area (Å²) >= 11 is 0. The number of fused-ring (bicyclic) bond motifs is 3. The first-order valence-electron chi connectivity index (χ1n) is 7.57. The monoisotopic (exact) mass is 268 g/mol. The van der Waals surface area contributed by atoms with E-state index in [2.05, 4.69) is 45.5 Å². The minimum Gasteiger partial charge on any atom is -0.345 e. The summed E-state index contributed by atoms with van der Waals surface area (Å²) in [6.07, 6.45) is 9.80. The maximum atomic E-state index is 4.56. The van der Waals surface area contributed by atoms with Crippen LogP contribution in [0.15, 0.2) is 24.7 Å². The highest BCUT2D eigenvalue weighted by molar-refractivity contribution is 5.74. The van der Waals surface area contributed by atoms with Gasteiger partial charge in [0.05, 0.1) is 11.7 Å². The first kappa shape index (κ1) is 11.9. The lowest BCUT2D eigenvalue weighted by Crippen LogP contribution is -2.06. The van der Waals surface area contributed by atoms with Crippen LogP contribution in [-0.4, -0.2) is 19.4 Å². The number of hydrogen-bond donors (Lipinski definition) is 1. The smallest absolute Gasteiger partial charge is 0.156 e. The van der Waals surface area contributed by atoms with Gasteiger partial charge < -0.3 is 4.98 Å². The Labute approximate surface area is 118 Å². The molecule has 104 valence electrons. The molecule has 1 aliphatic rings. The SMILES string of the molecule is CC[C@H]1C[C@@H](C)[C@@H](c2cnc3cnc4[nH]ccc4n23)C1. The molecule has 0 aliphatic heterocycles. The molecule has 4 rings (SSSR count). The van der Waals surface area contributed by atoms with Gasteiger partial charge in [0, 0.05) is 24.0 Å². The van der Waals surface area contributed by atoms with Crippen LogP contribution in [0, 0.1) is 11.8 Å². The molecule has 20 heavy (non-hydrogen) atoms. The third kappa shape index (κ3) is 1.60. The van der Waals surface area contributed by atoms with E-state index in [1.807, 2.05) is 12.4 Å². The number of nitrogens with one attached hydrogen (secondary N) is 1. The summed E-state index contributed by atoms with van der Waals surface area (Å²) in [6, 6.07) is 2.09. The van der Waals surface area contributed by atoms with Crippen LogP contribution in [0.1, 0.15) is 44.7 Å². The summed E-state index contributed by atoms with van der Waals surface area (Å²) < 4.78 is 2.29. The van der Waals surface area contributed by atoms with E-state index in [-0.39, 0.29) is 0 Å². The van der Waals surface area contributed by atoms with E-state index in [9.17, 15) is 0 Å². The predicted octanol–water partition coefficient (Wildman–Crippen LogP) is 3.75. The Balaban J connectivity index is 1.89. The van der Waals surface area contributed by atoms with E-state index in [4.69, 9.17) is 0 Å². The van der Waals surface area contributed by atoms with Gasteiger partial charge in [-0.2, -0.15) is 0 Å². The second-order valence-electron chi connectivity index (χ2n) is 6.18. The van der Waals surface area contributed by atoms with Crippen molar-refractivity contribution in [2.24, 2.45) is 11.8 Å². The van der Waals surface area contributed by atoms with Crippen LogP contribution in [0.4, 0.5) is 0 Å². The molecule has 4 heteroatoms. The summed E-state index contributed by atoms with van der Waals surface area (Å²) in [7, 11) is 0.